The molecule has 1 rings (SSSR count). The molecule has 2 N–H and O–H groups in total. The minimum absolute atomic E-state index is 0.0328. The second-order valence-electron chi connectivity index (χ2n) is 3.20. The van der Waals surface area contributed by atoms with Crippen molar-refractivity contribution in [1.29, 1.82) is 0 Å². The Hall–Kier alpha value is -1.36. The Morgan fingerprint density at radius 3 is 2.80 bits per heavy atom. The zero-order valence-electron chi connectivity index (χ0n) is 8.40. The van der Waals surface area contributed by atoms with Gasteiger partial charge in [0.15, 0.2) is 0 Å². The average molecular weight is 227 g/mol. The fourth-order valence-corrected chi connectivity index (χ4v) is 1.88. The van der Waals surface area contributed by atoms with Crippen molar-refractivity contribution in [1.82, 2.24) is 5.32 Å². The monoisotopic (exact) mass is 227 g/mol. The summed E-state index contributed by atoms with van der Waals surface area (Å²) in [6, 6.07) is 3.80. The van der Waals surface area contributed by atoms with Gasteiger partial charge in [0.25, 0.3) is 0 Å². The number of carbonyl (C=O) groups excluding carboxylic acids is 1. The Labute approximate surface area is 91.9 Å². The largest absolute Gasteiger partial charge is 0.481 e. The van der Waals surface area contributed by atoms with Crippen LogP contribution in [0.25, 0.3) is 0 Å². The summed E-state index contributed by atoms with van der Waals surface area (Å²) in [6.45, 7) is 1.88. The molecule has 82 valence electrons. The van der Waals surface area contributed by atoms with Crippen LogP contribution >= 0.6 is 11.3 Å². The van der Waals surface area contributed by atoms with Crippen LogP contribution in [-0.2, 0) is 9.59 Å². The Morgan fingerprint density at radius 2 is 2.27 bits per heavy atom. The summed E-state index contributed by atoms with van der Waals surface area (Å²) in [6.07, 6.45) is -0.0892. The van der Waals surface area contributed by atoms with E-state index in [9.17, 15) is 9.59 Å². The van der Waals surface area contributed by atoms with Gasteiger partial charge >= 0.3 is 5.97 Å². The molecule has 1 aromatic heterocycles. The van der Waals surface area contributed by atoms with Gasteiger partial charge in [-0.3, -0.25) is 9.59 Å². The third-order valence-electron chi connectivity index (χ3n) is 1.91. The number of rotatable bonds is 5. The number of carboxylic acid groups (broad SMARTS) is 1. The van der Waals surface area contributed by atoms with Crippen LogP contribution in [0.15, 0.2) is 17.5 Å². The molecule has 1 amide bonds. The first-order chi connectivity index (χ1) is 7.09. The van der Waals surface area contributed by atoms with E-state index >= 15 is 0 Å². The highest BCUT2D eigenvalue weighted by Crippen LogP contribution is 2.17. The number of hydrogen-bond donors (Lipinski definition) is 2. The zero-order chi connectivity index (χ0) is 11.3. The van der Waals surface area contributed by atoms with Gasteiger partial charge < -0.3 is 10.4 Å². The van der Waals surface area contributed by atoms with E-state index in [0.29, 0.717) is 0 Å². The third kappa shape index (κ3) is 4.12. The molecular weight excluding hydrogens is 214 g/mol. The molecule has 0 spiro atoms. The first-order valence-electron chi connectivity index (χ1n) is 4.64. The van der Waals surface area contributed by atoms with E-state index in [1.807, 2.05) is 24.4 Å². The van der Waals surface area contributed by atoms with Crippen LogP contribution in [0, 0.1) is 0 Å². The maximum atomic E-state index is 11.3. The summed E-state index contributed by atoms with van der Waals surface area (Å²) >= 11 is 1.57. The van der Waals surface area contributed by atoms with Crippen molar-refractivity contribution in [3.05, 3.63) is 22.4 Å². The standard InChI is InChI=1S/C10H13NO3S/c1-7(8-3-2-6-15-8)11-9(12)4-5-10(13)14/h2-3,6-7H,4-5H2,1H3,(H,11,12)(H,13,14)/t7-/m1/s1. The van der Waals surface area contributed by atoms with Crippen molar-refractivity contribution in [2.75, 3.05) is 0 Å². The maximum Gasteiger partial charge on any atom is 0.303 e. The number of carboxylic acids is 1. The van der Waals surface area contributed by atoms with Crippen molar-refractivity contribution in [2.24, 2.45) is 0 Å². The number of hydrogen-bond acceptors (Lipinski definition) is 3. The summed E-state index contributed by atoms with van der Waals surface area (Å²) in [5, 5.41) is 13.1. The predicted molar refractivity (Wildman–Crippen MR) is 57.7 cm³/mol. The van der Waals surface area contributed by atoms with E-state index in [4.69, 9.17) is 5.11 Å². The molecule has 5 heteroatoms. The van der Waals surface area contributed by atoms with Gasteiger partial charge in [-0.25, -0.2) is 0 Å². The lowest BCUT2D eigenvalue weighted by Gasteiger charge is -2.11. The van der Waals surface area contributed by atoms with Gasteiger partial charge in [-0.2, -0.15) is 0 Å². The van der Waals surface area contributed by atoms with Gasteiger partial charge in [0.2, 0.25) is 5.91 Å². The molecule has 0 radical (unpaired) electrons. The van der Waals surface area contributed by atoms with E-state index in [0.717, 1.165) is 4.88 Å². The summed E-state index contributed by atoms with van der Waals surface area (Å²) in [4.78, 5) is 22.6. The molecular formula is C10H13NO3S. The van der Waals surface area contributed by atoms with Crippen molar-refractivity contribution in [3.8, 4) is 0 Å². The van der Waals surface area contributed by atoms with E-state index in [1.165, 1.54) is 0 Å². The molecule has 0 aliphatic heterocycles. The van der Waals surface area contributed by atoms with Crippen molar-refractivity contribution in [2.45, 2.75) is 25.8 Å². The average Bonchev–Trinajstić information content (AvgIpc) is 2.67. The minimum Gasteiger partial charge on any atom is -0.481 e. The molecule has 15 heavy (non-hydrogen) atoms. The van der Waals surface area contributed by atoms with Gasteiger partial charge in [-0.15, -0.1) is 11.3 Å². The maximum absolute atomic E-state index is 11.3. The predicted octanol–water partition coefficient (Wildman–Crippen LogP) is 1.79. The molecule has 0 aliphatic carbocycles. The quantitative estimate of drug-likeness (QED) is 0.806. The van der Waals surface area contributed by atoms with E-state index in [2.05, 4.69) is 5.32 Å². The van der Waals surface area contributed by atoms with Crippen molar-refractivity contribution in [3.63, 3.8) is 0 Å². The van der Waals surface area contributed by atoms with Crippen LogP contribution in [0.1, 0.15) is 30.7 Å². The van der Waals surface area contributed by atoms with Crippen LogP contribution in [0.4, 0.5) is 0 Å². The molecule has 4 nitrogen and oxygen atoms in total. The Kier molecular flexibility index (Phi) is 4.30. The van der Waals surface area contributed by atoms with Gasteiger partial charge in [0.1, 0.15) is 0 Å². The fraction of sp³-hybridized carbons (Fsp3) is 0.400. The highest BCUT2D eigenvalue weighted by Gasteiger charge is 2.11. The number of thiophene rings is 1. The van der Waals surface area contributed by atoms with Crippen LogP contribution < -0.4 is 5.32 Å². The summed E-state index contributed by atoms with van der Waals surface area (Å²) < 4.78 is 0. The lowest BCUT2D eigenvalue weighted by molar-refractivity contribution is -0.138. The fourth-order valence-electron chi connectivity index (χ4n) is 1.14. The topological polar surface area (TPSA) is 66.4 Å². The molecule has 1 heterocycles. The molecule has 0 fully saturated rings. The first kappa shape index (κ1) is 11.7. The Morgan fingerprint density at radius 1 is 1.53 bits per heavy atom. The van der Waals surface area contributed by atoms with Crippen LogP contribution in [0.3, 0.4) is 0 Å². The van der Waals surface area contributed by atoms with Gasteiger partial charge in [-0.1, -0.05) is 6.07 Å². The van der Waals surface area contributed by atoms with Gasteiger partial charge in [0.05, 0.1) is 12.5 Å². The first-order valence-corrected chi connectivity index (χ1v) is 5.52. The van der Waals surface area contributed by atoms with E-state index in [-0.39, 0.29) is 24.8 Å². The van der Waals surface area contributed by atoms with Crippen molar-refractivity contribution < 1.29 is 14.7 Å². The van der Waals surface area contributed by atoms with Crippen molar-refractivity contribution >= 4 is 23.2 Å². The molecule has 0 saturated carbocycles. The number of carbonyl (C=O) groups is 2. The summed E-state index contributed by atoms with van der Waals surface area (Å²) in [5.74, 6) is -1.17. The minimum atomic E-state index is -0.950. The smallest absolute Gasteiger partial charge is 0.303 e. The number of aliphatic carboxylic acids is 1. The molecule has 0 saturated heterocycles. The summed E-state index contributed by atoms with van der Waals surface area (Å²) in [5.41, 5.74) is 0. The second-order valence-corrected chi connectivity index (χ2v) is 4.18. The van der Waals surface area contributed by atoms with Crippen LogP contribution in [0.2, 0.25) is 0 Å². The van der Waals surface area contributed by atoms with E-state index < -0.39 is 5.97 Å². The zero-order valence-corrected chi connectivity index (χ0v) is 9.21. The molecule has 0 aliphatic rings. The molecule has 0 unspecified atom stereocenters. The van der Waals surface area contributed by atoms with Gasteiger partial charge in [0, 0.05) is 11.3 Å². The van der Waals surface area contributed by atoms with Crippen LogP contribution in [-0.4, -0.2) is 17.0 Å². The van der Waals surface area contributed by atoms with Gasteiger partial charge in [-0.05, 0) is 18.4 Å². The number of amides is 1. The molecule has 1 atom stereocenters. The number of nitrogens with one attached hydrogen (secondary N) is 1. The second kappa shape index (κ2) is 5.50. The van der Waals surface area contributed by atoms with Crippen LogP contribution in [0.5, 0.6) is 0 Å². The third-order valence-corrected chi connectivity index (χ3v) is 2.97. The molecule has 0 aromatic carbocycles. The molecule has 1 aromatic rings. The highest BCUT2D eigenvalue weighted by atomic mass is 32.1. The Bertz CT molecular complexity index is 334. The Balaban J connectivity index is 2.35. The highest BCUT2D eigenvalue weighted by molar-refractivity contribution is 7.10. The van der Waals surface area contributed by atoms with E-state index in [1.54, 1.807) is 11.3 Å². The lowest BCUT2D eigenvalue weighted by atomic mass is 10.2. The SMILES string of the molecule is C[C@@H](NC(=O)CCC(=O)O)c1cccs1. The lowest BCUT2D eigenvalue weighted by Crippen LogP contribution is -2.26. The molecule has 0 bridgehead atoms. The summed E-state index contributed by atoms with van der Waals surface area (Å²) in [7, 11) is 0. The normalized spacial score (nSPS) is 12.1.